The van der Waals surface area contributed by atoms with Gasteiger partial charge in [-0.25, -0.2) is 0 Å². The molecule has 0 spiro atoms. The molecule has 12 heavy (non-hydrogen) atoms. The van der Waals surface area contributed by atoms with Gasteiger partial charge in [0.05, 0.1) is 6.61 Å². The van der Waals surface area contributed by atoms with Crippen molar-refractivity contribution in [1.82, 2.24) is 5.32 Å². The molecular formula is C9H19NO2. The molecule has 0 aliphatic carbocycles. The van der Waals surface area contributed by atoms with E-state index >= 15 is 0 Å². The van der Waals surface area contributed by atoms with E-state index in [0.717, 1.165) is 19.4 Å². The van der Waals surface area contributed by atoms with Gasteiger partial charge in [-0.2, -0.15) is 0 Å². The molecule has 1 atom stereocenters. The molecule has 0 saturated carbocycles. The minimum Gasteiger partial charge on any atom is -0.465 e. The predicted octanol–water partition coefficient (Wildman–Crippen LogP) is 1.33. The second-order valence-electron chi connectivity index (χ2n) is 2.67. The number of carbonyl (C=O) groups is 1. The zero-order valence-corrected chi connectivity index (χ0v) is 8.22. The molecule has 0 aromatic carbocycles. The van der Waals surface area contributed by atoms with E-state index in [0.29, 0.717) is 6.61 Å². The first-order valence-corrected chi connectivity index (χ1v) is 4.66. The quantitative estimate of drug-likeness (QED) is 0.616. The van der Waals surface area contributed by atoms with Crippen LogP contribution in [0, 0.1) is 0 Å². The molecule has 3 nitrogen and oxygen atoms in total. The van der Waals surface area contributed by atoms with Gasteiger partial charge in [0.1, 0.15) is 6.04 Å². The smallest absolute Gasteiger partial charge is 0.323 e. The zero-order chi connectivity index (χ0) is 9.40. The Hall–Kier alpha value is -0.570. The number of carbonyl (C=O) groups excluding carboxylic acids is 1. The lowest BCUT2D eigenvalue weighted by molar-refractivity contribution is -0.145. The largest absolute Gasteiger partial charge is 0.465 e. The topological polar surface area (TPSA) is 38.3 Å². The third-order valence-electron chi connectivity index (χ3n) is 1.62. The normalized spacial score (nSPS) is 12.6. The fourth-order valence-corrected chi connectivity index (χ4v) is 0.956. The summed E-state index contributed by atoms with van der Waals surface area (Å²) in [6.45, 7) is 7.21. The van der Waals surface area contributed by atoms with Gasteiger partial charge in [-0.15, -0.1) is 0 Å². The van der Waals surface area contributed by atoms with Crippen molar-refractivity contribution < 1.29 is 9.53 Å². The fourth-order valence-electron chi connectivity index (χ4n) is 0.956. The molecule has 0 aromatic heterocycles. The number of nitrogens with one attached hydrogen (secondary N) is 1. The van der Waals surface area contributed by atoms with E-state index in [1.165, 1.54) is 0 Å². The average Bonchev–Trinajstić information content (AvgIpc) is 2.06. The summed E-state index contributed by atoms with van der Waals surface area (Å²) in [5.74, 6) is -0.131. The monoisotopic (exact) mass is 173 g/mol. The molecule has 0 aromatic rings. The van der Waals surface area contributed by atoms with Crippen LogP contribution in [0.2, 0.25) is 0 Å². The van der Waals surface area contributed by atoms with E-state index < -0.39 is 0 Å². The Morgan fingerprint density at radius 3 is 2.50 bits per heavy atom. The lowest BCUT2D eigenvalue weighted by Gasteiger charge is -2.14. The molecule has 0 radical (unpaired) electrons. The fraction of sp³-hybridized carbons (Fsp3) is 0.889. The van der Waals surface area contributed by atoms with Crippen LogP contribution >= 0.6 is 0 Å². The number of esters is 1. The maximum Gasteiger partial charge on any atom is 0.323 e. The number of rotatable bonds is 6. The van der Waals surface area contributed by atoms with Gasteiger partial charge in [-0.1, -0.05) is 13.8 Å². The molecule has 0 bridgehead atoms. The van der Waals surface area contributed by atoms with Crippen LogP contribution in [0.5, 0.6) is 0 Å². The van der Waals surface area contributed by atoms with Crippen LogP contribution in [0.3, 0.4) is 0 Å². The van der Waals surface area contributed by atoms with Crippen molar-refractivity contribution in [2.45, 2.75) is 39.7 Å². The summed E-state index contributed by atoms with van der Waals surface area (Å²) in [7, 11) is 0. The standard InChI is InChI=1S/C9H19NO2/c1-4-7-10-8(5-2)9(11)12-6-3/h8,10H,4-7H2,1-3H3. The van der Waals surface area contributed by atoms with Crippen molar-refractivity contribution in [1.29, 1.82) is 0 Å². The summed E-state index contributed by atoms with van der Waals surface area (Å²) in [5.41, 5.74) is 0. The first kappa shape index (κ1) is 11.4. The van der Waals surface area contributed by atoms with Gasteiger partial charge in [0.2, 0.25) is 0 Å². The van der Waals surface area contributed by atoms with Crippen LogP contribution in [0.25, 0.3) is 0 Å². The molecule has 0 fully saturated rings. The van der Waals surface area contributed by atoms with Gasteiger partial charge in [0, 0.05) is 0 Å². The van der Waals surface area contributed by atoms with Crippen molar-refractivity contribution >= 4 is 5.97 Å². The van der Waals surface area contributed by atoms with E-state index in [-0.39, 0.29) is 12.0 Å². The highest BCUT2D eigenvalue weighted by Gasteiger charge is 2.15. The van der Waals surface area contributed by atoms with Crippen LogP contribution in [-0.2, 0) is 9.53 Å². The Morgan fingerprint density at radius 1 is 1.42 bits per heavy atom. The summed E-state index contributed by atoms with van der Waals surface area (Å²) in [5, 5.41) is 3.13. The van der Waals surface area contributed by atoms with E-state index in [1.54, 1.807) is 0 Å². The summed E-state index contributed by atoms with van der Waals surface area (Å²) in [6.07, 6.45) is 1.83. The van der Waals surface area contributed by atoms with Crippen LogP contribution in [0.15, 0.2) is 0 Å². The molecular weight excluding hydrogens is 154 g/mol. The molecule has 0 amide bonds. The summed E-state index contributed by atoms with van der Waals surface area (Å²) < 4.78 is 4.89. The third-order valence-corrected chi connectivity index (χ3v) is 1.62. The van der Waals surface area contributed by atoms with Gasteiger partial charge in [-0.05, 0) is 26.3 Å². The van der Waals surface area contributed by atoms with Crippen molar-refractivity contribution in [2.75, 3.05) is 13.2 Å². The molecule has 3 heteroatoms. The minimum atomic E-state index is -0.131. The van der Waals surface area contributed by atoms with E-state index in [2.05, 4.69) is 12.2 Å². The summed E-state index contributed by atoms with van der Waals surface area (Å²) >= 11 is 0. The SMILES string of the molecule is CCCNC(CC)C(=O)OCC. The Labute approximate surface area is 74.5 Å². The van der Waals surface area contributed by atoms with Crippen molar-refractivity contribution in [3.05, 3.63) is 0 Å². The van der Waals surface area contributed by atoms with Gasteiger partial charge >= 0.3 is 5.97 Å². The Balaban J connectivity index is 3.71. The molecule has 1 N–H and O–H groups in total. The Bertz CT molecular complexity index is 126. The van der Waals surface area contributed by atoms with Crippen molar-refractivity contribution in [3.63, 3.8) is 0 Å². The maximum atomic E-state index is 11.2. The second kappa shape index (κ2) is 7.10. The molecule has 0 aliphatic rings. The van der Waals surface area contributed by atoms with E-state index in [9.17, 15) is 4.79 Å². The van der Waals surface area contributed by atoms with Crippen molar-refractivity contribution in [2.24, 2.45) is 0 Å². The minimum absolute atomic E-state index is 0.120. The first-order chi connectivity index (χ1) is 5.76. The Morgan fingerprint density at radius 2 is 2.08 bits per heavy atom. The highest BCUT2D eigenvalue weighted by Crippen LogP contribution is 1.94. The van der Waals surface area contributed by atoms with Crippen LogP contribution in [0.1, 0.15) is 33.6 Å². The Kier molecular flexibility index (Phi) is 6.76. The third kappa shape index (κ3) is 4.34. The summed E-state index contributed by atoms with van der Waals surface area (Å²) in [4.78, 5) is 11.2. The lowest BCUT2D eigenvalue weighted by atomic mass is 10.2. The zero-order valence-electron chi connectivity index (χ0n) is 8.22. The van der Waals surface area contributed by atoms with Crippen LogP contribution in [0.4, 0.5) is 0 Å². The lowest BCUT2D eigenvalue weighted by Crippen LogP contribution is -2.37. The molecule has 0 heterocycles. The second-order valence-corrected chi connectivity index (χ2v) is 2.67. The highest BCUT2D eigenvalue weighted by atomic mass is 16.5. The predicted molar refractivity (Wildman–Crippen MR) is 49.0 cm³/mol. The van der Waals surface area contributed by atoms with Gasteiger partial charge < -0.3 is 10.1 Å². The van der Waals surface area contributed by atoms with Crippen LogP contribution < -0.4 is 5.32 Å². The number of hydrogen-bond donors (Lipinski definition) is 1. The highest BCUT2D eigenvalue weighted by molar-refractivity contribution is 5.75. The maximum absolute atomic E-state index is 11.2. The molecule has 0 aliphatic heterocycles. The van der Waals surface area contributed by atoms with Gasteiger partial charge in [-0.3, -0.25) is 4.79 Å². The van der Waals surface area contributed by atoms with Gasteiger partial charge in [0.15, 0.2) is 0 Å². The average molecular weight is 173 g/mol. The molecule has 72 valence electrons. The number of ether oxygens (including phenoxy) is 1. The van der Waals surface area contributed by atoms with E-state index in [1.807, 2.05) is 13.8 Å². The number of hydrogen-bond acceptors (Lipinski definition) is 3. The van der Waals surface area contributed by atoms with Crippen molar-refractivity contribution in [3.8, 4) is 0 Å². The molecule has 0 saturated heterocycles. The molecule has 1 unspecified atom stereocenters. The first-order valence-electron chi connectivity index (χ1n) is 4.66. The van der Waals surface area contributed by atoms with E-state index in [4.69, 9.17) is 4.74 Å². The van der Waals surface area contributed by atoms with Crippen LogP contribution in [-0.4, -0.2) is 25.2 Å². The summed E-state index contributed by atoms with van der Waals surface area (Å²) in [6, 6.07) is -0.120. The van der Waals surface area contributed by atoms with Gasteiger partial charge in [0.25, 0.3) is 0 Å². The molecule has 0 rings (SSSR count).